The van der Waals surface area contributed by atoms with E-state index in [0.29, 0.717) is 6.04 Å². The Bertz CT molecular complexity index is 187. The molecule has 0 heterocycles. The summed E-state index contributed by atoms with van der Waals surface area (Å²) in [6.07, 6.45) is 5.38. The number of hydrogen-bond donors (Lipinski definition) is 1. The first-order chi connectivity index (χ1) is 5.70. The van der Waals surface area contributed by atoms with E-state index in [4.69, 9.17) is 5.73 Å². The number of fused-ring (bicyclic) bond motifs is 1. The van der Waals surface area contributed by atoms with Crippen molar-refractivity contribution >= 4 is 0 Å². The van der Waals surface area contributed by atoms with Crippen LogP contribution < -0.4 is 5.73 Å². The van der Waals surface area contributed by atoms with Crippen LogP contribution in [0.2, 0.25) is 0 Å². The summed E-state index contributed by atoms with van der Waals surface area (Å²) in [4.78, 5) is 0. The van der Waals surface area contributed by atoms with Crippen LogP contribution in [-0.2, 0) is 0 Å². The third kappa shape index (κ3) is 1.31. The fourth-order valence-corrected chi connectivity index (χ4v) is 3.05. The van der Waals surface area contributed by atoms with Crippen LogP contribution in [-0.4, -0.2) is 6.04 Å². The fraction of sp³-hybridized carbons (Fsp3) is 0.818. The predicted octanol–water partition coefficient (Wildman–Crippen LogP) is 2.33. The van der Waals surface area contributed by atoms with Crippen molar-refractivity contribution in [3.63, 3.8) is 0 Å². The maximum atomic E-state index is 6.11. The van der Waals surface area contributed by atoms with Crippen molar-refractivity contribution in [2.75, 3.05) is 0 Å². The van der Waals surface area contributed by atoms with Gasteiger partial charge in [-0.2, -0.15) is 0 Å². The molecule has 1 heteroatoms. The van der Waals surface area contributed by atoms with E-state index in [0.717, 1.165) is 24.2 Å². The molecule has 0 aromatic rings. The van der Waals surface area contributed by atoms with E-state index in [-0.39, 0.29) is 0 Å². The van der Waals surface area contributed by atoms with Crippen LogP contribution >= 0.6 is 0 Å². The fourth-order valence-electron chi connectivity index (χ4n) is 3.05. The summed E-state index contributed by atoms with van der Waals surface area (Å²) in [5, 5.41) is 0. The first-order valence-electron chi connectivity index (χ1n) is 5.10. The smallest absolute Gasteiger partial charge is 0.0110 e. The van der Waals surface area contributed by atoms with Gasteiger partial charge in [-0.05, 0) is 43.9 Å². The van der Waals surface area contributed by atoms with E-state index >= 15 is 0 Å². The van der Waals surface area contributed by atoms with Gasteiger partial charge in [0.05, 0.1) is 0 Å². The predicted molar refractivity (Wildman–Crippen MR) is 51.7 cm³/mol. The minimum Gasteiger partial charge on any atom is -0.327 e. The van der Waals surface area contributed by atoms with Crippen molar-refractivity contribution in [3.05, 3.63) is 12.2 Å². The van der Waals surface area contributed by atoms with Crippen LogP contribution in [0, 0.1) is 17.8 Å². The van der Waals surface area contributed by atoms with Crippen LogP contribution in [0.25, 0.3) is 0 Å². The lowest BCUT2D eigenvalue weighted by Crippen LogP contribution is -2.24. The van der Waals surface area contributed by atoms with Gasteiger partial charge < -0.3 is 5.73 Å². The summed E-state index contributed by atoms with van der Waals surface area (Å²) >= 11 is 0. The summed E-state index contributed by atoms with van der Waals surface area (Å²) in [6, 6.07) is 0.415. The Labute approximate surface area is 75.0 Å². The molecular weight excluding hydrogens is 146 g/mol. The van der Waals surface area contributed by atoms with Gasteiger partial charge in [0.2, 0.25) is 0 Å². The van der Waals surface area contributed by atoms with Crippen molar-refractivity contribution in [3.8, 4) is 0 Å². The normalized spacial score (nSPS) is 40.7. The Morgan fingerprint density at radius 2 is 2.08 bits per heavy atom. The summed E-state index contributed by atoms with van der Waals surface area (Å²) < 4.78 is 0. The van der Waals surface area contributed by atoms with Crippen LogP contribution in [0.3, 0.4) is 0 Å². The molecule has 68 valence electrons. The van der Waals surface area contributed by atoms with Crippen molar-refractivity contribution in [1.29, 1.82) is 0 Å². The number of hydrogen-bond acceptors (Lipinski definition) is 1. The minimum atomic E-state index is 0.415. The van der Waals surface area contributed by atoms with E-state index in [1.807, 2.05) is 0 Å². The maximum absolute atomic E-state index is 6.11. The highest BCUT2D eigenvalue weighted by Gasteiger charge is 2.54. The first-order valence-corrected chi connectivity index (χ1v) is 5.10. The molecule has 0 aromatic carbocycles. The molecule has 0 amide bonds. The van der Waals surface area contributed by atoms with Crippen LogP contribution in [0.1, 0.15) is 32.6 Å². The average molecular weight is 165 g/mol. The molecule has 0 spiro atoms. The molecule has 3 unspecified atom stereocenters. The Morgan fingerprint density at radius 3 is 2.58 bits per heavy atom. The second kappa shape index (κ2) is 2.88. The molecule has 1 nitrogen and oxygen atoms in total. The molecule has 2 aliphatic rings. The molecule has 0 radical (unpaired) electrons. The monoisotopic (exact) mass is 165 g/mol. The van der Waals surface area contributed by atoms with Crippen LogP contribution in [0.5, 0.6) is 0 Å². The number of rotatable bonds is 3. The molecule has 0 aromatic heterocycles. The zero-order valence-electron chi connectivity index (χ0n) is 7.92. The Balaban J connectivity index is 1.83. The highest BCUT2D eigenvalue weighted by atomic mass is 14.7. The average Bonchev–Trinajstić information content (AvgIpc) is 2.45. The molecule has 2 N–H and O–H groups in total. The lowest BCUT2D eigenvalue weighted by molar-refractivity contribution is 0.483. The number of nitrogens with two attached hydrogens (primary N) is 1. The van der Waals surface area contributed by atoms with Crippen molar-refractivity contribution < 1.29 is 0 Å². The van der Waals surface area contributed by atoms with E-state index in [1.54, 1.807) is 0 Å². The molecule has 2 fully saturated rings. The summed E-state index contributed by atoms with van der Waals surface area (Å²) in [6.45, 7) is 6.00. The van der Waals surface area contributed by atoms with Gasteiger partial charge in [-0.3, -0.25) is 0 Å². The lowest BCUT2D eigenvalue weighted by Gasteiger charge is -2.12. The van der Waals surface area contributed by atoms with Gasteiger partial charge >= 0.3 is 0 Å². The molecular formula is C11H19N. The van der Waals surface area contributed by atoms with Crippen molar-refractivity contribution in [2.45, 2.75) is 38.6 Å². The minimum absolute atomic E-state index is 0.415. The van der Waals surface area contributed by atoms with Gasteiger partial charge in [-0.1, -0.05) is 12.0 Å². The van der Waals surface area contributed by atoms with E-state index in [9.17, 15) is 0 Å². The van der Waals surface area contributed by atoms with Gasteiger partial charge in [0.15, 0.2) is 0 Å². The van der Waals surface area contributed by atoms with Crippen molar-refractivity contribution in [1.82, 2.24) is 0 Å². The Kier molecular flexibility index (Phi) is 1.99. The standard InChI is InChI=1S/C11H19N/c1-7(2)6-10(12)11-8-4-3-5-9(8)11/h8-11H,1,3-6,12H2,2H3. The summed E-state index contributed by atoms with van der Waals surface area (Å²) in [5.41, 5.74) is 7.35. The molecule has 12 heavy (non-hydrogen) atoms. The summed E-state index contributed by atoms with van der Waals surface area (Å²) in [5.74, 6) is 2.86. The molecule has 3 atom stereocenters. The molecule has 2 aliphatic carbocycles. The Hall–Kier alpha value is -0.300. The zero-order chi connectivity index (χ0) is 8.72. The second-order valence-electron chi connectivity index (χ2n) is 4.66. The van der Waals surface area contributed by atoms with Gasteiger partial charge in [0, 0.05) is 6.04 Å². The first kappa shape index (κ1) is 8.31. The van der Waals surface area contributed by atoms with Gasteiger partial charge in [0.1, 0.15) is 0 Å². The van der Waals surface area contributed by atoms with E-state index in [1.165, 1.54) is 24.8 Å². The lowest BCUT2D eigenvalue weighted by atomic mass is 9.99. The molecule has 0 aliphatic heterocycles. The van der Waals surface area contributed by atoms with Crippen LogP contribution in [0.15, 0.2) is 12.2 Å². The third-order valence-electron chi connectivity index (χ3n) is 3.55. The van der Waals surface area contributed by atoms with Gasteiger partial charge in [0.25, 0.3) is 0 Å². The highest BCUT2D eigenvalue weighted by molar-refractivity contribution is 5.08. The third-order valence-corrected chi connectivity index (χ3v) is 3.55. The van der Waals surface area contributed by atoms with Gasteiger partial charge in [-0.25, -0.2) is 0 Å². The Morgan fingerprint density at radius 1 is 1.50 bits per heavy atom. The van der Waals surface area contributed by atoms with E-state index < -0.39 is 0 Å². The molecule has 0 bridgehead atoms. The molecule has 0 saturated heterocycles. The zero-order valence-corrected chi connectivity index (χ0v) is 7.92. The highest BCUT2D eigenvalue weighted by Crippen LogP contribution is 2.59. The van der Waals surface area contributed by atoms with Gasteiger partial charge in [-0.15, -0.1) is 6.58 Å². The maximum Gasteiger partial charge on any atom is 0.0110 e. The van der Waals surface area contributed by atoms with E-state index in [2.05, 4.69) is 13.5 Å². The quantitative estimate of drug-likeness (QED) is 0.638. The van der Waals surface area contributed by atoms with Crippen molar-refractivity contribution in [2.24, 2.45) is 23.5 Å². The molecule has 2 saturated carbocycles. The topological polar surface area (TPSA) is 26.0 Å². The molecule has 2 rings (SSSR count). The SMILES string of the molecule is C=C(C)CC(N)C1C2CCCC21. The largest absolute Gasteiger partial charge is 0.327 e. The summed E-state index contributed by atoms with van der Waals surface area (Å²) in [7, 11) is 0. The van der Waals surface area contributed by atoms with Crippen LogP contribution in [0.4, 0.5) is 0 Å². The second-order valence-corrected chi connectivity index (χ2v) is 4.66.